The lowest BCUT2D eigenvalue weighted by molar-refractivity contribution is -0.137. The number of nitrogens with one attached hydrogen (secondary N) is 1. The molecule has 0 aromatic heterocycles. The predicted molar refractivity (Wildman–Crippen MR) is 183 cm³/mol. The molecule has 0 radical (unpaired) electrons. The van der Waals surface area contributed by atoms with Crippen molar-refractivity contribution >= 4 is 39.0 Å². The summed E-state index contributed by atoms with van der Waals surface area (Å²) in [7, 11) is -2.01. The summed E-state index contributed by atoms with van der Waals surface area (Å²) < 4.78 is 40.1. The largest absolute Gasteiger partial charge is 0.490 e. The first-order valence-corrected chi connectivity index (χ1v) is 18.5. The number of aryl methyl sites for hydroxylation is 1. The highest BCUT2D eigenvalue weighted by molar-refractivity contribution is 7.92. The van der Waals surface area contributed by atoms with Crippen LogP contribution in [0.25, 0.3) is 0 Å². The van der Waals surface area contributed by atoms with E-state index in [4.69, 9.17) is 25.8 Å². The summed E-state index contributed by atoms with van der Waals surface area (Å²) in [5.74, 6) is -0.366. The van der Waals surface area contributed by atoms with Crippen LogP contribution < -0.4 is 14.4 Å². The molecule has 6 rings (SSSR count). The third-order valence-corrected chi connectivity index (χ3v) is 12.3. The maximum Gasteiger partial charge on any atom is 0.287 e. The van der Waals surface area contributed by atoms with Gasteiger partial charge in [-0.3, -0.25) is 14.3 Å². The predicted octanol–water partition coefficient (Wildman–Crippen LogP) is 6.26. The van der Waals surface area contributed by atoms with Gasteiger partial charge in [0.15, 0.2) is 9.92 Å². The van der Waals surface area contributed by atoms with Crippen LogP contribution in [0.15, 0.2) is 57.8 Å². The van der Waals surface area contributed by atoms with E-state index in [1.165, 1.54) is 11.1 Å². The lowest BCUT2D eigenvalue weighted by atomic mass is 9.68. The Morgan fingerprint density at radius 1 is 1.19 bits per heavy atom. The van der Waals surface area contributed by atoms with Crippen molar-refractivity contribution in [1.29, 1.82) is 0 Å². The van der Waals surface area contributed by atoms with Crippen LogP contribution in [0.3, 0.4) is 0 Å². The van der Waals surface area contributed by atoms with Gasteiger partial charge in [0.05, 0.1) is 29.9 Å². The number of fused-ring (bicyclic) bond motifs is 4. The van der Waals surface area contributed by atoms with Crippen LogP contribution in [0.4, 0.5) is 5.69 Å². The third-order valence-electron chi connectivity index (χ3n) is 10.3. The minimum atomic E-state index is -3.74. The van der Waals surface area contributed by atoms with Crippen LogP contribution in [0.1, 0.15) is 64.5 Å². The minimum Gasteiger partial charge on any atom is -0.490 e. The molecule has 254 valence electrons. The number of amides is 2. The average molecular weight is 684 g/mol. The molecule has 1 N–H and O–H groups in total. The molecule has 2 aromatic rings. The molecule has 11 heteroatoms. The number of methoxy groups -OCH3 is 1. The van der Waals surface area contributed by atoms with E-state index in [2.05, 4.69) is 26.1 Å². The number of benzene rings is 2. The summed E-state index contributed by atoms with van der Waals surface area (Å²) >= 11 is 6.45. The molecule has 2 aliphatic carbocycles. The normalized spacial score (nSPS) is 31.0. The Bertz CT molecular complexity index is 1700. The summed E-state index contributed by atoms with van der Waals surface area (Å²) in [5, 5.41) is 0.731. The van der Waals surface area contributed by atoms with Gasteiger partial charge in [-0.2, -0.15) is 0 Å². The Morgan fingerprint density at radius 3 is 2.72 bits per heavy atom. The fraction of sp³-hybridized carbons (Fsp3) is 0.556. The van der Waals surface area contributed by atoms with Gasteiger partial charge in [-0.15, -0.1) is 4.36 Å². The molecular weight excluding hydrogens is 638 g/mol. The molecule has 1 fully saturated rings. The number of anilines is 1. The maximum absolute atomic E-state index is 14.8. The van der Waals surface area contributed by atoms with E-state index < -0.39 is 33.2 Å². The van der Waals surface area contributed by atoms with Crippen molar-refractivity contribution < 1.29 is 28.0 Å². The van der Waals surface area contributed by atoms with Crippen molar-refractivity contribution in [3.63, 3.8) is 0 Å². The molecule has 1 saturated carbocycles. The number of hydrogen-bond acceptors (Lipinski definition) is 7. The topological polar surface area (TPSA) is 107 Å². The highest BCUT2D eigenvalue weighted by Crippen LogP contribution is 2.47. The molecule has 5 atom stereocenters. The number of nitrogens with zero attached hydrogens (tertiary/aromatic N) is 2. The molecule has 2 aromatic carbocycles. The number of ether oxygens (including phenoxy) is 3. The Kier molecular flexibility index (Phi) is 9.52. The summed E-state index contributed by atoms with van der Waals surface area (Å²) in [5.41, 5.74) is 1.60. The zero-order valence-electron chi connectivity index (χ0n) is 27.9. The second-order valence-corrected chi connectivity index (χ2v) is 16.6. The number of carbonyl (C=O) groups excluding carboxylic acids is 2. The number of halogens is 1. The van der Waals surface area contributed by atoms with Gasteiger partial charge in [-0.05, 0) is 99.2 Å². The van der Waals surface area contributed by atoms with Crippen molar-refractivity contribution in [1.82, 2.24) is 4.72 Å². The number of rotatable bonds is 3. The highest BCUT2D eigenvalue weighted by Gasteiger charge is 2.44. The van der Waals surface area contributed by atoms with Crippen LogP contribution in [-0.4, -0.2) is 61.1 Å². The molecule has 0 saturated heterocycles. The molecule has 9 nitrogen and oxygen atoms in total. The molecule has 0 unspecified atom stereocenters. The van der Waals surface area contributed by atoms with Crippen molar-refractivity contribution in [3.05, 3.63) is 64.7 Å². The summed E-state index contributed by atoms with van der Waals surface area (Å²) in [6.07, 6.45) is 8.83. The summed E-state index contributed by atoms with van der Waals surface area (Å²) in [4.78, 5) is 29.2. The smallest absolute Gasteiger partial charge is 0.287 e. The van der Waals surface area contributed by atoms with Crippen LogP contribution in [0, 0.1) is 17.8 Å². The van der Waals surface area contributed by atoms with Gasteiger partial charge in [-0.1, -0.05) is 43.7 Å². The SMILES string of the molecule is CO[C@H]1/C=C/COC(C)(C)C(=O)N=[S@](=O)(NC(=O)C(C)C)c2ccc3c(c2)N(C[C@@H]2CC[C@H]21)C[C@@]1(CCCc2cc(Cl)ccc21)CO3. The summed E-state index contributed by atoms with van der Waals surface area (Å²) in [6.45, 7) is 8.66. The van der Waals surface area contributed by atoms with Crippen molar-refractivity contribution in [2.24, 2.45) is 22.1 Å². The number of hydrogen-bond donors (Lipinski definition) is 1. The van der Waals surface area contributed by atoms with E-state index >= 15 is 0 Å². The van der Waals surface area contributed by atoms with Gasteiger partial charge in [-0.25, -0.2) is 4.21 Å². The maximum atomic E-state index is 14.8. The molecule has 2 aliphatic heterocycles. The minimum absolute atomic E-state index is 0.0979. The Labute approximate surface area is 283 Å². The first-order valence-electron chi connectivity index (χ1n) is 16.6. The van der Waals surface area contributed by atoms with Gasteiger partial charge in [0, 0.05) is 36.6 Å². The van der Waals surface area contributed by atoms with E-state index in [1.54, 1.807) is 53.0 Å². The van der Waals surface area contributed by atoms with E-state index in [-0.39, 0.29) is 23.0 Å². The van der Waals surface area contributed by atoms with Crippen LogP contribution in [0.5, 0.6) is 5.75 Å². The molecule has 4 aliphatic rings. The second-order valence-electron chi connectivity index (χ2n) is 14.2. The second kappa shape index (κ2) is 13.2. The zero-order valence-corrected chi connectivity index (χ0v) is 29.5. The van der Waals surface area contributed by atoms with Gasteiger partial charge in [0.2, 0.25) is 5.91 Å². The Hall–Kier alpha value is -2.92. The molecule has 1 spiro atoms. The fourth-order valence-electron chi connectivity index (χ4n) is 7.32. The number of carbonyl (C=O) groups is 2. The Balaban J connectivity index is 1.51. The monoisotopic (exact) mass is 683 g/mol. The molecule has 2 bridgehead atoms. The van der Waals surface area contributed by atoms with E-state index in [9.17, 15) is 13.8 Å². The van der Waals surface area contributed by atoms with Crippen molar-refractivity contribution in [2.75, 3.05) is 38.3 Å². The molecule has 2 heterocycles. The van der Waals surface area contributed by atoms with Crippen molar-refractivity contribution in [2.45, 2.75) is 81.8 Å². The first kappa shape index (κ1) is 34.0. The molecule has 2 amide bonds. The summed E-state index contributed by atoms with van der Waals surface area (Å²) in [6, 6.07) is 11.4. The molecule has 47 heavy (non-hydrogen) atoms. The Morgan fingerprint density at radius 2 is 2.00 bits per heavy atom. The van der Waals surface area contributed by atoms with Crippen LogP contribution in [-0.2, 0) is 40.8 Å². The fourth-order valence-corrected chi connectivity index (χ4v) is 9.27. The van der Waals surface area contributed by atoms with Crippen LogP contribution >= 0.6 is 11.6 Å². The molecular formula is C36H46ClN3O6S. The lowest BCUT2D eigenvalue weighted by Gasteiger charge is -2.46. The van der Waals surface area contributed by atoms with E-state index in [0.717, 1.165) is 49.4 Å². The quantitative estimate of drug-likeness (QED) is 0.381. The van der Waals surface area contributed by atoms with E-state index in [1.807, 2.05) is 18.2 Å². The van der Waals surface area contributed by atoms with Gasteiger partial charge in [0.25, 0.3) is 5.91 Å². The van der Waals surface area contributed by atoms with Crippen LogP contribution in [0.2, 0.25) is 5.02 Å². The first-order chi connectivity index (χ1) is 22.3. The van der Waals surface area contributed by atoms with Crippen molar-refractivity contribution in [3.8, 4) is 5.75 Å². The lowest BCUT2D eigenvalue weighted by Crippen LogP contribution is -2.49. The zero-order chi connectivity index (χ0) is 33.6. The van der Waals surface area contributed by atoms with Gasteiger partial charge in [0.1, 0.15) is 11.4 Å². The third kappa shape index (κ3) is 6.71. The van der Waals surface area contributed by atoms with E-state index in [0.29, 0.717) is 30.7 Å². The standard InChI is InChI=1S/C36H46ClN3O6S/c1-23(2)33(41)38-47(43)27-12-15-32-30(19-27)40(21-36(22-45-32)16-6-8-24-18-26(37)11-14-29(24)36)20-25-10-13-28(25)31(44-5)9-7-17-46-35(3,4)34(42)39-47/h7,9,11-12,14-15,18-19,23,25,28,31H,6,8,10,13,16-17,20-22H2,1-5H3,(H,38,39,41,42,43)/b9-7+/t25-,28+,31-,36-,47+/m0/s1. The highest BCUT2D eigenvalue weighted by atomic mass is 35.5. The van der Waals surface area contributed by atoms with Gasteiger partial charge < -0.3 is 19.1 Å². The average Bonchev–Trinajstić information content (AvgIpc) is 3.16. The van der Waals surface area contributed by atoms with Gasteiger partial charge >= 0.3 is 0 Å².